The molecule has 0 aliphatic heterocycles. The molecule has 0 spiro atoms. The summed E-state index contributed by atoms with van der Waals surface area (Å²) in [5.41, 5.74) is 1.01. The van der Waals surface area contributed by atoms with Gasteiger partial charge in [-0.2, -0.15) is 0 Å². The molecule has 0 bridgehead atoms. The molecule has 94 valence electrons. The van der Waals surface area contributed by atoms with Gasteiger partial charge in [0.1, 0.15) is 0 Å². The van der Waals surface area contributed by atoms with Gasteiger partial charge in [-0.25, -0.2) is 0 Å². The van der Waals surface area contributed by atoms with Crippen molar-refractivity contribution in [2.75, 3.05) is 13.1 Å². The van der Waals surface area contributed by atoms with E-state index in [0.29, 0.717) is 13.1 Å². The first kappa shape index (κ1) is 10.8. The monoisotopic (exact) mass is 235 g/mol. The van der Waals surface area contributed by atoms with Crippen LogP contribution in [0.3, 0.4) is 0 Å². The molecule has 0 N–H and O–H groups in total. The van der Waals surface area contributed by atoms with Crippen molar-refractivity contribution in [1.82, 2.24) is 4.90 Å². The van der Waals surface area contributed by atoms with Crippen molar-refractivity contribution in [3.8, 4) is 0 Å². The Morgan fingerprint density at radius 2 is 1.88 bits per heavy atom. The summed E-state index contributed by atoms with van der Waals surface area (Å²) in [5, 5.41) is 0. The Hall–Kier alpha value is -1.31. The van der Waals surface area contributed by atoms with Gasteiger partial charge < -0.3 is 4.90 Å². The van der Waals surface area contributed by atoms with Crippen molar-refractivity contribution < 1.29 is 7.54 Å². The maximum absolute atomic E-state index is 12.1. The second-order valence-corrected chi connectivity index (χ2v) is 4.07. The van der Waals surface area contributed by atoms with Crippen molar-refractivity contribution in [3.63, 3.8) is 0 Å². The summed E-state index contributed by atoms with van der Waals surface area (Å²) in [4.78, 5) is 13.7. The average Bonchev–Trinajstić information content (AvgIpc) is 2.47. The molecule has 1 aromatic carbocycles. The van der Waals surface area contributed by atoms with Gasteiger partial charge in [0.15, 0.2) is 0 Å². The second-order valence-electron chi connectivity index (χ2n) is 4.07. The largest absolute Gasteiger partial charge is 0.343 e. The lowest BCUT2D eigenvalue weighted by Crippen LogP contribution is -2.30. The third-order valence-electron chi connectivity index (χ3n) is 2.93. The van der Waals surface area contributed by atoms with E-state index in [1.54, 1.807) is 4.90 Å². The van der Waals surface area contributed by atoms with E-state index in [9.17, 15) is 4.79 Å². The molecule has 0 aliphatic rings. The minimum absolute atomic E-state index is 0.122. The lowest BCUT2D eigenvalue weighted by atomic mass is 9.96. The summed E-state index contributed by atoms with van der Waals surface area (Å²) in [7, 11) is 0. The van der Waals surface area contributed by atoms with Crippen LogP contribution >= 0.6 is 0 Å². The second kappa shape index (κ2) is 7.10. The molecule has 0 heterocycles. The first-order chi connectivity index (χ1) is 9.02. The van der Waals surface area contributed by atoms with Crippen LogP contribution in [0.1, 0.15) is 47.8 Å². The van der Waals surface area contributed by atoms with E-state index in [1.165, 1.54) is 0 Å². The van der Waals surface area contributed by atoms with E-state index in [-0.39, 0.29) is 11.8 Å². The van der Waals surface area contributed by atoms with Crippen LogP contribution < -0.4 is 0 Å². The Morgan fingerprint density at radius 3 is 2.41 bits per heavy atom. The van der Waals surface area contributed by atoms with Gasteiger partial charge in [-0.15, -0.1) is 0 Å². The molecule has 2 nitrogen and oxygen atoms in total. The fourth-order valence-corrected chi connectivity index (χ4v) is 1.74. The normalized spacial score (nSPS) is 17.6. The van der Waals surface area contributed by atoms with Crippen LogP contribution in [0.5, 0.6) is 0 Å². The van der Waals surface area contributed by atoms with E-state index in [0.717, 1.165) is 5.56 Å². The molecule has 2 heteroatoms. The summed E-state index contributed by atoms with van der Waals surface area (Å²) in [5.74, 6) is -0.365. The Balaban J connectivity index is 2.76. The lowest BCUT2D eigenvalue weighted by Gasteiger charge is -2.19. The highest BCUT2D eigenvalue weighted by molar-refractivity contribution is 5.76. The molecule has 1 aromatic rings. The number of benzene rings is 1. The maximum atomic E-state index is 12.1. The molecule has 0 radical (unpaired) electrons. The number of carbonyl (C=O) groups excluding carboxylic acids is 1. The number of hydrogen-bond donors (Lipinski definition) is 0. The Kier molecular flexibility index (Phi) is 4.52. The third-order valence-corrected chi connectivity index (χ3v) is 2.93. The SMILES string of the molecule is [2H]C(C(=O)N(CC)CC)C([2H])C(C)c1ccccc1. The zero-order valence-corrected chi connectivity index (χ0v) is 10.9. The fourth-order valence-electron chi connectivity index (χ4n) is 1.74. The van der Waals surface area contributed by atoms with Crippen LogP contribution in [-0.2, 0) is 4.79 Å². The molecule has 1 rings (SSSR count). The highest BCUT2D eigenvalue weighted by Gasteiger charge is 2.12. The van der Waals surface area contributed by atoms with Crippen molar-refractivity contribution in [1.29, 1.82) is 0 Å². The summed E-state index contributed by atoms with van der Waals surface area (Å²) in [6, 6.07) is 9.66. The van der Waals surface area contributed by atoms with Crippen LogP contribution in [0, 0.1) is 0 Å². The number of nitrogens with zero attached hydrogens (tertiary/aromatic N) is 1. The molecule has 0 aliphatic carbocycles. The molecular formula is C15H23NO. The number of rotatable bonds is 6. The molecule has 0 fully saturated rings. The van der Waals surface area contributed by atoms with E-state index < -0.39 is 12.8 Å². The Labute approximate surface area is 107 Å². The van der Waals surface area contributed by atoms with Gasteiger partial charge in [0.2, 0.25) is 5.91 Å². The first-order valence-electron chi connectivity index (χ1n) is 7.36. The highest BCUT2D eigenvalue weighted by atomic mass is 16.2. The molecule has 0 saturated heterocycles. The molecule has 3 unspecified atom stereocenters. The molecule has 1 amide bonds. The summed E-state index contributed by atoms with van der Waals surface area (Å²) in [6.07, 6.45) is -1.76. The van der Waals surface area contributed by atoms with Gasteiger partial charge in [-0.1, -0.05) is 37.3 Å². The minimum atomic E-state index is -1.02. The van der Waals surface area contributed by atoms with Crippen LogP contribution in [0.4, 0.5) is 0 Å². The predicted octanol–water partition coefficient (Wildman–Crippen LogP) is 3.44. The Bertz CT molecular complexity index is 392. The molecular weight excluding hydrogens is 210 g/mol. The van der Waals surface area contributed by atoms with Gasteiger partial charge in [0.25, 0.3) is 0 Å². The van der Waals surface area contributed by atoms with Crippen LogP contribution in [0.15, 0.2) is 30.3 Å². The van der Waals surface area contributed by atoms with Gasteiger partial charge in [0, 0.05) is 22.2 Å². The lowest BCUT2D eigenvalue weighted by molar-refractivity contribution is -0.130. The topological polar surface area (TPSA) is 20.3 Å². The summed E-state index contributed by atoms with van der Waals surface area (Å²) >= 11 is 0. The van der Waals surface area contributed by atoms with Crippen molar-refractivity contribution >= 4 is 5.91 Å². The van der Waals surface area contributed by atoms with Crippen molar-refractivity contribution in [3.05, 3.63) is 35.9 Å². The fraction of sp³-hybridized carbons (Fsp3) is 0.533. The average molecular weight is 235 g/mol. The van der Waals surface area contributed by atoms with Gasteiger partial charge >= 0.3 is 0 Å². The molecule has 0 aromatic heterocycles. The quantitative estimate of drug-likeness (QED) is 0.739. The number of carbonyl (C=O) groups is 1. The number of hydrogen-bond acceptors (Lipinski definition) is 1. The van der Waals surface area contributed by atoms with Crippen LogP contribution in [-0.4, -0.2) is 23.9 Å². The molecule has 17 heavy (non-hydrogen) atoms. The minimum Gasteiger partial charge on any atom is -0.343 e. The first-order valence-corrected chi connectivity index (χ1v) is 6.21. The predicted molar refractivity (Wildman–Crippen MR) is 72.0 cm³/mol. The van der Waals surface area contributed by atoms with Crippen molar-refractivity contribution in [2.24, 2.45) is 0 Å². The highest BCUT2D eigenvalue weighted by Crippen LogP contribution is 2.20. The molecule has 0 saturated carbocycles. The van der Waals surface area contributed by atoms with Crippen LogP contribution in [0.2, 0.25) is 0 Å². The summed E-state index contributed by atoms with van der Waals surface area (Å²) in [6.45, 7) is 6.89. The zero-order valence-electron chi connectivity index (χ0n) is 12.9. The van der Waals surface area contributed by atoms with Gasteiger partial charge in [-0.3, -0.25) is 4.79 Å². The standard InChI is InChI=1S/C15H23NO/c1-4-16(5-2)15(17)12-11-13(3)14-9-7-6-8-10-14/h6-10,13H,4-5,11-12H2,1-3H3/i11D,12D. The van der Waals surface area contributed by atoms with E-state index in [1.807, 2.05) is 51.1 Å². The van der Waals surface area contributed by atoms with Gasteiger partial charge in [-0.05, 0) is 31.7 Å². The van der Waals surface area contributed by atoms with Gasteiger partial charge in [0.05, 0.1) is 0 Å². The number of amides is 1. The van der Waals surface area contributed by atoms with Crippen LogP contribution in [0.25, 0.3) is 0 Å². The third kappa shape index (κ3) is 4.22. The summed E-state index contributed by atoms with van der Waals surface area (Å²) < 4.78 is 16.2. The molecule has 3 atom stereocenters. The smallest absolute Gasteiger partial charge is 0.222 e. The van der Waals surface area contributed by atoms with Crippen molar-refractivity contribution in [2.45, 2.75) is 39.5 Å². The Morgan fingerprint density at radius 1 is 1.29 bits per heavy atom. The maximum Gasteiger partial charge on any atom is 0.222 e. The zero-order chi connectivity index (χ0) is 14.4. The van der Waals surface area contributed by atoms with E-state index in [2.05, 4.69) is 0 Å². The van der Waals surface area contributed by atoms with E-state index >= 15 is 0 Å². The van der Waals surface area contributed by atoms with E-state index in [4.69, 9.17) is 2.74 Å².